The number of hydrogen-bond acceptors (Lipinski definition) is 6. The first kappa shape index (κ1) is 22.5. The summed E-state index contributed by atoms with van der Waals surface area (Å²) in [6, 6.07) is 5.59. The van der Waals surface area contributed by atoms with Crippen LogP contribution in [0.1, 0.15) is 24.8 Å². The number of carboxylic acid groups (broad SMARTS) is 1. The van der Waals surface area contributed by atoms with E-state index in [1.807, 2.05) is 25.1 Å². The lowest BCUT2D eigenvalue weighted by molar-refractivity contribution is -0.344. The van der Waals surface area contributed by atoms with Crippen molar-refractivity contribution in [3.63, 3.8) is 0 Å². The maximum Gasteiger partial charge on any atom is 0.430 e. The molecule has 8 nitrogen and oxygen atoms in total. The Balaban J connectivity index is 0.000000370. The number of cyclic esters (lactones) is 1. The van der Waals surface area contributed by atoms with Crippen LogP contribution in [0.5, 0.6) is 0 Å². The van der Waals surface area contributed by atoms with E-state index in [0.717, 1.165) is 29.8 Å². The van der Waals surface area contributed by atoms with Gasteiger partial charge in [-0.1, -0.05) is 0 Å². The molecule has 29 heavy (non-hydrogen) atoms. The highest BCUT2D eigenvalue weighted by molar-refractivity contribution is 5.97. The average molecular weight is 416 g/mol. The third-order valence-corrected chi connectivity index (χ3v) is 4.39. The van der Waals surface area contributed by atoms with Crippen LogP contribution < -0.4 is 20.6 Å². The Kier molecular flexibility index (Phi) is 7.07. The fourth-order valence-electron chi connectivity index (χ4n) is 3.01. The van der Waals surface area contributed by atoms with E-state index in [9.17, 15) is 22.8 Å². The molecule has 0 bridgehead atoms. The number of rotatable bonds is 2. The van der Waals surface area contributed by atoms with Crippen LogP contribution in [-0.4, -0.2) is 49.9 Å². The van der Waals surface area contributed by atoms with Crippen molar-refractivity contribution in [2.45, 2.75) is 38.4 Å². The molecule has 0 saturated carbocycles. The number of aryl methyl sites for hydroxylation is 1. The van der Waals surface area contributed by atoms with E-state index in [1.165, 1.54) is 0 Å². The Morgan fingerprint density at radius 2 is 1.90 bits per heavy atom. The lowest BCUT2D eigenvalue weighted by atomic mass is 10.1. The molecular weight excluding hydrogens is 395 g/mol. The van der Waals surface area contributed by atoms with Gasteiger partial charge >= 0.3 is 12.3 Å². The number of carbonyl (C=O) groups is 3. The molecule has 0 radical (unpaired) electrons. The Labute approximate surface area is 165 Å². The van der Waals surface area contributed by atoms with E-state index in [1.54, 1.807) is 9.80 Å². The molecule has 2 aliphatic heterocycles. The average Bonchev–Trinajstić information content (AvgIpc) is 2.82. The summed E-state index contributed by atoms with van der Waals surface area (Å²) in [6.45, 7) is 3.63. The van der Waals surface area contributed by atoms with Crippen molar-refractivity contribution in [3.8, 4) is 0 Å². The molecule has 3 rings (SSSR count). The summed E-state index contributed by atoms with van der Waals surface area (Å²) in [6.07, 6.45) is -3.29. The number of alkyl halides is 3. The summed E-state index contributed by atoms with van der Waals surface area (Å²) in [5.41, 5.74) is 8.47. The minimum atomic E-state index is -5.19. The number of amides is 2. The van der Waals surface area contributed by atoms with E-state index in [-0.39, 0.29) is 18.0 Å². The molecule has 11 heteroatoms. The largest absolute Gasteiger partial charge is 0.542 e. The van der Waals surface area contributed by atoms with Crippen molar-refractivity contribution in [1.29, 1.82) is 0 Å². The van der Waals surface area contributed by atoms with Crippen LogP contribution in [0.3, 0.4) is 0 Å². The van der Waals surface area contributed by atoms with Gasteiger partial charge in [-0.05, 0) is 43.5 Å². The standard InChI is InChI=1S/C16H21N3O3.C2HF3O2/c1-11-8-13(19-10-12(17)9-15(19)20)4-5-14(11)18-6-2-3-7-22-16(18)21;3-2(4,5)1(6)7/h4-5,8,12H,2-3,6-7,9-10,17H2,1H3;(H,6,7)/p-1. The second kappa shape index (κ2) is 9.12. The maximum atomic E-state index is 12.0. The molecule has 0 aliphatic carbocycles. The zero-order valence-corrected chi connectivity index (χ0v) is 15.7. The Morgan fingerprint density at radius 3 is 2.41 bits per heavy atom. The number of benzene rings is 1. The van der Waals surface area contributed by atoms with Gasteiger partial charge in [0.15, 0.2) is 0 Å². The minimum Gasteiger partial charge on any atom is -0.542 e. The lowest BCUT2D eigenvalue weighted by Gasteiger charge is -2.23. The number of carboxylic acids is 1. The van der Waals surface area contributed by atoms with Crippen LogP contribution in [0.25, 0.3) is 0 Å². The van der Waals surface area contributed by atoms with Gasteiger partial charge in [0.25, 0.3) is 0 Å². The first-order valence-corrected chi connectivity index (χ1v) is 8.89. The molecule has 0 aromatic heterocycles. The molecule has 1 aromatic carbocycles. The predicted molar refractivity (Wildman–Crippen MR) is 95.1 cm³/mol. The molecule has 1 atom stereocenters. The van der Waals surface area contributed by atoms with Gasteiger partial charge in [-0.15, -0.1) is 0 Å². The summed E-state index contributed by atoms with van der Waals surface area (Å²) >= 11 is 0. The molecule has 2 heterocycles. The highest BCUT2D eigenvalue weighted by Crippen LogP contribution is 2.29. The number of carbonyl (C=O) groups excluding carboxylic acids is 3. The highest BCUT2D eigenvalue weighted by atomic mass is 19.4. The van der Waals surface area contributed by atoms with Crippen LogP contribution >= 0.6 is 0 Å². The number of nitrogens with two attached hydrogens (primary N) is 1. The van der Waals surface area contributed by atoms with E-state index >= 15 is 0 Å². The second-order valence-corrected chi connectivity index (χ2v) is 6.70. The molecule has 160 valence electrons. The van der Waals surface area contributed by atoms with Crippen molar-refractivity contribution >= 4 is 29.3 Å². The number of nitrogens with zero attached hydrogens (tertiary/aromatic N) is 2. The molecule has 2 N–H and O–H groups in total. The molecular formula is C18H21F3N3O5-. The van der Waals surface area contributed by atoms with Gasteiger partial charge in [-0.3, -0.25) is 9.69 Å². The highest BCUT2D eigenvalue weighted by Gasteiger charge is 2.29. The SMILES string of the molecule is Cc1cc(N2CC(N)CC2=O)ccc1N1CCCCOC1=O.O=C([O-])C(F)(F)F. The first-order chi connectivity index (χ1) is 13.5. The smallest absolute Gasteiger partial charge is 0.430 e. The van der Waals surface area contributed by atoms with Crippen molar-refractivity contribution < 1.29 is 37.4 Å². The first-order valence-electron chi connectivity index (χ1n) is 8.89. The van der Waals surface area contributed by atoms with Crippen molar-refractivity contribution in [2.24, 2.45) is 5.73 Å². The van der Waals surface area contributed by atoms with Gasteiger partial charge in [0.1, 0.15) is 5.97 Å². The monoisotopic (exact) mass is 416 g/mol. The summed E-state index contributed by atoms with van der Waals surface area (Å²) in [4.78, 5) is 36.1. The molecule has 2 saturated heterocycles. The van der Waals surface area contributed by atoms with Crippen LogP contribution in [0, 0.1) is 6.92 Å². The third-order valence-electron chi connectivity index (χ3n) is 4.39. The molecule has 2 fully saturated rings. The van der Waals surface area contributed by atoms with Gasteiger partial charge in [-0.2, -0.15) is 13.2 Å². The molecule has 0 spiro atoms. The van der Waals surface area contributed by atoms with Crippen LogP contribution in [0.15, 0.2) is 18.2 Å². The molecule has 1 aromatic rings. The fraction of sp³-hybridized carbons (Fsp3) is 0.500. The summed E-state index contributed by atoms with van der Waals surface area (Å²) < 4.78 is 36.7. The van der Waals surface area contributed by atoms with Gasteiger partial charge in [0, 0.05) is 31.2 Å². The van der Waals surface area contributed by atoms with Crippen molar-refractivity contribution in [3.05, 3.63) is 23.8 Å². The van der Waals surface area contributed by atoms with E-state index in [4.69, 9.17) is 20.4 Å². The van der Waals surface area contributed by atoms with Crippen molar-refractivity contribution in [2.75, 3.05) is 29.5 Å². The summed E-state index contributed by atoms with van der Waals surface area (Å²) in [5.74, 6) is -2.96. The number of hydrogen-bond donors (Lipinski definition) is 1. The summed E-state index contributed by atoms with van der Waals surface area (Å²) in [7, 11) is 0. The lowest BCUT2D eigenvalue weighted by Crippen LogP contribution is -2.37. The fourth-order valence-corrected chi connectivity index (χ4v) is 3.01. The third kappa shape index (κ3) is 5.83. The Bertz CT molecular complexity index is 784. The van der Waals surface area contributed by atoms with Crippen molar-refractivity contribution in [1.82, 2.24) is 0 Å². The van der Waals surface area contributed by atoms with Gasteiger partial charge in [0.2, 0.25) is 5.91 Å². The summed E-state index contributed by atoms with van der Waals surface area (Å²) in [5, 5.41) is 8.78. The zero-order valence-electron chi connectivity index (χ0n) is 15.7. The van der Waals surface area contributed by atoms with Gasteiger partial charge in [-0.25, -0.2) is 4.79 Å². The van der Waals surface area contributed by atoms with E-state index in [0.29, 0.717) is 26.1 Å². The van der Waals surface area contributed by atoms with Gasteiger partial charge < -0.3 is 25.3 Å². The Morgan fingerprint density at radius 1 is 1.24 bits per heavy atom. The molecule has 2 amide bonds. The second-order valence-electron chi connectivity index (χ2n) is 6.70. The van der Waals surface area contributed by atoms with Crippen LogP contribution in [0.4, 0.5) is 29.3 Å². The van der Waals surface area contributed by atoms with Gasteiger partial charge in [0.05, 0.1) is 12.3 Å². The normalized spacial score (nSPS) is 20.0. The Hall–Kier alpha value is -2.82. The van der Waals surface area contributed by atoms with Crippen LogP contribution in [-0.2, 0) is 14.3 Å². The number of ether oxygens (including phenoxy) is 1. The number of halogens is 3. The number of anilines is 2. The molecule has 1 unspecified atom stereocenters. The quantitative estimate of drug-likeness (QED) is 0.772. The topological polar surface area (TPSA) is 116 Å². The minimum absolute atomic E-state index is 0.0498. The maximum absolute atomic E-state index is 12.0. The van der Waals surface area contributed by atoms with E-state index in [2.05, 4.69) is 0 Å². The van der Waals surface area contributed by atoms with E-state index < -0.39 is 12.1 Å². The molecule has 2 aliphatic rings. The predicted octanol–water partition coefficient (Wildman–Crippen LogP) is 1.09. The zero-order chi connectivity index (χ0) is 21.8. The van der Waals surface area contributed by atoms with Crippen LogP contribution in [0.2, 0.25) is 0 Å². The number of aliphatic carboxylic acids is 1.